The van der Waals surface area contributed by atoms with Gasteiger partial charge in [0.2, 0.25) is 0 Å². The molecule has 160 valence electrons. The zero-order valence-electron chi connectivity index (χ0n) is 17.2. The summed E-state index contributed by atoms with van der Waals surface area (Å²) in [4.78, 5) is 7.76. The lowest BCUT2D eigenvalue weighted by atomic mass is 10.1. The maximum absolute atomic E-state index is 9.76. The number of aromatic nitrogens is 2. The molecule has 0 saturated carbocycles. The van der Waals surface area contributed by atoms with Gasteiger partial charge in [-0.1, -0.05) is 24.3 Å². The molecular weight excluding hydrogens is 628 g/mol. The van der Waals surface area contributed by atoms with Gasteiger partial charge < -0.3 is 14.5 Å². The molecule has 0 amide bonds. The Hall–Kier alpha value is -2.58. The monoisotopic (exact) mass is 647 g/mol. The smallest absolute Gasteiger partial charge is 0.175 e. The summed E-state index contributed by atoms with van der Waals surface area (Å²) in [7, 11) is 0. The van der Waals surface area contributed by atoms with E-state index in [2.05, 4.69) is 85.5 Å². The quantitative estimate of drug-likeness (QED) is 0.177. The number of para-hydroxylation sites is 2. The fraction of sp³-hybridized carbons (Fsp3) is 0.120. The van der Waals surface area contributed by atoms with Crippen molar-refractivity contribution < 1.29 is 9.47 Å². The number of benzene rings is 3. The van der Waals surface area contributed by atoms with E-state index in [1.165, 1.54) is 3.57 Å². The van der Waals surface area contributed by atoms with Crippen molar-refractivity contribution in [1.29, 1.82) is 5.26 Å². The van der Waals surface area contributed by atoms with Gasteiger partial charge in [-0.3, -0.25) is 0 Å². The number of imidazole rings is 1. The second kappa shape index (κ2) is 10.4. The molecule has 4 aromatic rings. The number of H-pyrrole nitrogens is 1. The van der Waals surface area contributed by atoms with Crippen LogP contribution in [0.25, 0.3) is 22.7 Å². The van der Waals surface area contributed by atoms with E-state index in [0.29, 0.717) is 36.1 Å². The van der Waals surface area contributed by atoms with Crippen molar-refractivity contribution in [2.45, 2.75) is 13.5 Å². The van der Waals surface area contributed by atoms with Crippen molar-refractivity contribution in [2.24, 2.45) is 0 Å². The average Bonchev–Trinajstić information content (AvgIpc) is 3.22. The summed E-state index contributed by atoms with van der Waals surface area (Å²) < 4.78 is 14.1. The number of nitrogens with zero attached hydrogens (tertiary/aromatic N) is 2. The molecule has 32 heavy (non-hydrogen) atoms. The second-order valence-electron chi connectivity index (χ2n) is 6.95. The molecular formula is C25H19I2N3O2. The van der Waals surface area contributed by atoms with E-state index in [4.69, 9.17) is 9.47 Å². The van der Waals surface area contributed by atoms with Crippen LogP contribution in [0.3, 0.4) is 0 Å². The number of aromatic amines is 1. The van der Waals surface area contributed by atoms with Crippen LogP contribution >= 0.6 is 45.2 Å². The standard InChI is InChI=1S/C25H19I2N3O2/c1-2-31-23-13-17(11-18(14-28)25-29-21-5-3-4-6-22(21)30-25)12-20(27)24(23)32-15-16-7-9-19(26)10-8-16/h3-13H,2,15H2,1H3,(H,29,30)/b18-11+. The van der Waals surface area contributed by atoms with Crippen LogP contribution < -0.4 is 9.47 Å². The third-order valence-corrected chi connectivity index (χ3v) is 6.22. The van der Waals surface area contributed by atoms with Gasteiger partial charge in [-0.15, -0.1) is 0 Å². The Bertz CT molecular complexity index is 1290. The minimum absolute atomic E-state index is 0.449. The number of halogens is 2. The van der Waals surface area contributed by atoms with Crippen LogP contribution in [0, 0.1) is 18.5 Å². The third-order valence-electron chi connectivity index (χ3n) is 4.70. The predicted molar refractivity (Wildman–Crippen MR) is 143 cm³/mol. The molecule has 3 aromatic carbocycles. The molecule has 0 aliphatic heterocycles. The van der Waals surface area contributed by atoms with Gasteiger partial charge in [-0.05, 0) is 106 Å². The molecule has 5 nitrogen and oxygen atoms in total. The van der Waals surface area contributed by atoms with E-state index < -0.39 is 0 Å². The lowest BCUT2D eigenvalue weighted by Crippen LogP contribution is -2.02. The summed E-state index contributed by atoms with van der Waals surface area (Å²) in [6.07, 6.45) is 1.81. The lowest BCUT2D eigenvalue weighted by molar-refractivity contribution is 0.267. The van der Waals surface area contributed by atoms with Crippen LogP contribution in [-0.2, 0) is 6.61 Å². The first-order chi connectivity index (χ1) is 15.6. The zero-order chi connectivity index (χ0) is 22.5. The Morgan fingerprint density at radius 2 is 1.88 bits per heavy atom. The van der Waals surface area contributed by atoms with Crippen LogP contribution in [0.2, 0.25) is 0 Å². The van der Waals surface area contributed by atoms with Crippen LogP contribution in [0.1, 0.15) is 23.9 Å². The van der Waals surface area contributed by atoms with E-state index in [1.807, 2.05) is 49.4 Å². The van der Waals surface area contributed by atoms with Gasteiger partial charge in [0.1, 0.15) is 18.5 Å². The van der Waals surface area contributed by atoms with Crippen molar-refractivity contribution >= 4 is 67.9 Å². The number of nitriles is 1. The van der Waals surface area contributed by atoms with E-state index in [1.54, 1.807) is 0 Å². The number of hydrogen-bond donors (Lipinski definition) is 1. The maximum atomic E-state index is 9.76. The first kappa shape index (κ1) is 22.6. The highest BCUT2D eigenvalue weighted by Crippen LogP contribution is 2.36. The van der Waals surface area contributed by atoms with Gasteiger partial charge in [-0.2, -0.15) is 5.26 Å². The molecule has 0 radical (unpaired) electrons. The highest BCUT2D eigenvalue weighted by Gasteiger charge is 2.14. The van der Waals surface area contributed by atoms with Gasteiger partial charge in [0.25, 0.3) is 0 Å². The van der Waals surface area contributed by atoms with Crippen LogP contribution in [0.15, 0.2) is 60.7 Å². The SMILES string of the molecule is CCOc1cc(/C=C(\C#N)c2nc3ccccc3[nH]2)cc(I)c1OCc1ccc(I)cc1. The summed E-state index contributed by atoms with van der Waals surface area (Å²) in [5.41, 5.74) is 4.10. The first-order valence-electron chi connectivity index (χ1n) is 9.98. The summed E-state index contributed by atoms with van der Waals surface area (Å²) in [6.45, 7) is 2.90. The Labute approximate surface area is 213 Å². The molecule has 0 unspecified atom stereocenters. The number of ether oxygens (including phenoxy) is 2. The fourth-order valence-electron chi connectivity index (χ4n) is 3.21. The van der Waals surface area contributed by atoms with Crippen LogP contribution in [-0.4, -0.2) is 16.6 Å². The third kappa shape index (κ3) is 5.24. The summed E-state index contributed by atoms with van der Waals surface area (Å²) in [5.74, 6) is 1.89. The molecule has 0 aliphatic carbocycles. The molecule has 4 rings (SSSR count). The minimum Gasteiger partial charge on any atom is -0.490 e. The van der Waals surface area contributed by atoms with Crippen molar-refractivity contribution in [1.82, 2.24) is 9.97 Å². The van der Waals surface area contributed by atoms with Crippen LogP contribution in [0.4, 0.5) is 0 Å². The van der Waals surface area contributed by atoms with E-state index >= 15 is 0 Å². The molecule has 1 aromatic heterocycles. The van der Waals surface area contributed by atoms with E-state index in [-0.39, 0.29) is 0 Å². The molecule has 0 fully saturated rings. The maximum Gasteiger partial charge on any atom is 0.175 e. The molecule has 1 N–H and O–H groups in total. The highest BCUT2D eigenvalue weighted by molar-refractivity contribution is 14.1. The van der Waals surface area contributed by atoms with Gasteiger partial charge in [0, 0.05) is 3.57 Å². The fourth-order valence-corrected chi connectivity index (χ4v) is 4.35. The Morgan fingerprint density at radius 1 is 1.09 bits per heavy atom. The molecule has 0 spiro atoms. The largest absolute Gasteiger partial charge is 0.490 e. The lowest BCUT2D eigenvalue weighted by Gasteiger charge is -2.15. The van der Waals surface area contributed by atoms with Crippen molar-refractivity contribution in [3.8, 4) is 17.6 Å². The van der Waals surface area contributed by atoms with E-state index in [9.17, 15) is 5.26 Å². The first-order valence-corrected chi connectivity index (χ1v) is 12.1. The van der Waals surface area contributed by atoms with Gasteiger partial charge in [0.05, 0.1) is 26.8 Å². The van der Waals surface area contributed by atoms with Crippen molar-refractivity contribution in [2.75, 3.05) is 6.61 Å². The Morgan fingerprint density at radius 3 is 2.59 bits per heavy atom. The van der Waals surface area contributed by atoms with Gasteiger partial charge in [0.15, 0.2) is 11.5 Å². The molecule has 1 heterocycles. The Balaban J connectivity index is 1.65. The number of hydrogen-bond acceptors (Lipinski definition) is 4. The molecule has 0 aliphatic rings. The summed E-state index contributed by atoms with van der Waals surface area (Å²) in [6, 6.07) is 22.1. The van der Waals surface area contributed by atoms with Gasteiger partial charge >= 0.3 is 0 Å². The normalized spacial score (nSPS) is 11.4. The van der Waals surface area contributed by atoms with Crippen LogP contribution in [0.5, 0.6) is 11.5 Å². The van der Waals surface area contributed by atoms with Gasteiger partial charge in [-0.25, -0.2) is 4.98 Å². The number of allylic oxidation sites excluding steroid dienone is 1. The summed E-state index contributed by atoms with van der Waals surface area (Å²) in [5, 5.41) is 9.76. The number of fused-ring (bicyclic) bond motifs is 1. The number of rotatable bonds is 7. The summed E-state index contributed by atoms with van der Waals surface area (Å²) >= 11 is 4.53. The van der Waals surface area contributed by atoms with Crippen molar-refractivity contribution in [3.63, 3.8) is 0 Å². The number of nitrogens with one attached hydrogen (secondary N) is 1. The zero-order valence-corrected chi connectivity index (χ0v) is 21.5. The molecule has 7 heteroatoms. The molecule has 0 bridgehead atoms. The topological polar surface area (TPSA) is 70.9 Å². The van der Waals surface area contributed by atoms with Crippen molar-refractivity contribution in [3.05, 3.63) is 84.8 Å². The minimum atomic E-state index is 0.449. The molecule has 0 atom stereocenters. The molecule has 0 saturated heterocycles. The second-order valence-corrected chi connectivity index (χ2v) is 9.36. The average molecular weight is 647 g/mol. The highest BCUT2D eigenvalue weighted by atomic mass is 127. The Kier molecular flexibility index (Phi) is 7.32. The predicted octanol–water partition coefficient (Wildman–Crippen LogP) is 6.81. The van der Waals surface area contributed by atoms with E-state index in [0.717, 1.165) is 25.7 Å².